The van der Waals surface area contributed by atoms with E-state index in [9.17, 15) is 9.90 Å². The van der Waals surface area contributed by atoms with Gasteiger partial charge in [0.2, 0.25) is 0 Å². The highest BCUT2D eigenvalue weighted by molar-refractivity contribution is 6.32. The van der Waals surface area contributed by atoms with E-state index in [1.54, 1.807) is 12.1 Å². The third kappa shape index (κ3) is 3.07. The molecule has 0 amide bonds. The summed E-state index contributed by atoms with van der Waals surface area (Å²) in [6.45, 7) is 0. The number of rotatable bonds is 4. The van der Waals surface area contributed by atoms with Crippen molar-refractivity contribution in [3.8, 4) is 11.5 Å². The van der Waals surface area contributed by atoms with Gasteiger partial charge in [-0.2, -0.15) is 10.2 Å². The van der Waals surface area contributed by atoms with Crippen molar-refractivity contribution in [3.05, 3.63) is 45.3 Å². The molecule has 0 radical (unpaired) electrons. The summed E-state index contributed by atoms with van der Waals surface area (Å²) in [6, 6.07) is 4.75. The Morgan fingerprint density at radius 2 is 2.35 bits per heavy atom. The summed E-state index contributed by atoms with van der Waals surface area (Å²) in [5, 5.41) is 19.2. The van der Waals surface area contributed by atoms with Crippen LogP contribution in [-0.4, -0.2) is 28.6 Å². The van der Waals surface area contributed by atoms with E-state index in [0.29, 0.717) is 11.3 Å². The minimum absolute atomic E-state index is 0.0274. The van der Waals surface area contributed by atoms with Crippen LogP contribution in [0.5, 0.6) is 11.5 Å². The highest BCUT2D eigenvalue weighted by Gasteiger charge is 2.03. The Kier molecular flexibility index (Phi) is 4.21. The highest BCUT2D eigenvalue weighted by Crippen LogP contribution is 2.25. The van der Waals surface area contributed by atoms with Crippen LogP contribution in [0.4, 0.5) is 5.69 Å². The fraction of sp³-hybridized carbons (Fsp3) is 0.0833. The number of anilines is 1. The van der Waals surface area contributed by atoms with E-state index in [4.69, 9.17) is 16.3 Å². The number of nitrogens with zero attached hydrogens (tertiary/aromatic N) is 2. The Bertz CT molecular complexity index is 699. The molecular weight excluding hydrogens is 284 g/mol. The van der Waals surface area contributed by atoms with Crippen molar-refractivity contribution in [2.45, 2.75) is 0 Å². The molecule has 7 nitrogen and oxygen atoms in total. The van der Waals surface area contributed by atoms with Crippen molar-refractivity contribution in [1.29, 1.82) is 0 Å². The average molecular weight is 295 g/mol. The predicted molar refractivity (Wildman–Crippen MR) is 75.7 cm³/mol. The van der Waals surface area contributed by atoms with Crippen molar-refractivity contribution in [3.63, 3.8) is 0 Å². The van der Waals surface area contributed by atoms with E-state index in [2.05, 4.69) is 20.7 Å². The van der Waals surface area contributed by atoms with Gasteiger partial charge in [-0.05, 0) is 23.8 Å². The fourth-order valence-electron chi connectivity index (χ4n) is 1.41. The number of aromatic amines is 1. The van der Waals surface area contributed by atoms with Gasteiger partial charge in [-0.25, -0.2) is 5.10 Å². The minimum Gasteiger partial charge on any atom is -0.504 e. The Labute approximate surface area is 118 Å². The van der Waals surface area contributed by atoms with E-state index in [-0.39, 0.29) is 16.5 Å². The number of halogens is 1. The van der Waals surface area contributed by atoms with Crippen LogP contribution < -0.4 is 15.7 Å². The van der Waals surface area contributed by atoms with E-state index < -0.39 is 5.56 Å². The van der Waals surface area contributed by atoms with Crippen molar-refractivity contribution >= 4 is 23.5 Å². The fourth-order valence-corrected chi connectivity index (χ4v) is 1.55. The number of H-pyrrole nitrogens is 1. The maximum absolute atomic E-state index is 11.2. The number of ether oxygens (including phenoxy) is 1. The van der Waals surface area contributed by atoms with Crippen molar-refractivity contribution in [1.82, 2.24) is 10.2 Å². The quantitative estimate of drug-likeness (QED) is 0.587. The Morgan fingerprint density at radius 3 is 3.10 bits per heavy atom. The van der Waals surface area contributed by atoms with Crippen molar-refractivity contribution in [2.24, 2.45) is 5.10 Å². The molecule has 0 unspecified atom stereocenters. The Balaban J connectivity index is 2.14. The first-order valence-electron chi connectivity index (χ1n) is 5.51. The Hall–Kier alpha value is -2.54. The molecule has 0 aliphatic heterocycles. The molecule has 1 aromatic carbocycles. The SMILES string of the molecule is COc1cc(/C=N/Nc2cn[nH]c(=O)c2Cl)ccc1O. The lowest BCUT2D eigenvalue weighted by molar-refractivity contribution is 0.373. The molecule has 0 fully saturated rings. The second-order valence-electron chi connectivity index (χ2n) is 3.73. The number of phenols is 1. The Morgan fingerprint density at radius 1 is 1.55 bits per heavy atom. The third-order valence-electron chi connectivity index (χ3n) is 2.40. The molecule has 0 bridgehead atoms. The van der Waals surface area contributed by atoms with Crippen LogP contribution in [0.1, 0.15) is 5.56 Å². The predicted octanol–water partition coefficient (Wildman–Crippen LogP) is 1.58. The summed E-state index contributed by atoms with van der Waals surface area (Å²) >= 11 is 5.77. The van der Waals surface area contributed by atoms with Gasteiger partial charge in [0.15, 0.2) is 11.5 Å². The van der Waals surface area contributed by atoms with Crippen LogP contribution in [0.25, 0.3) is 0 Å². The lowest BCUT2D eigenvalue weighted by Gasteiger charge is -2.04. The molecular formula is C12H11ClN4O3. The molecule has 2 rings (SSSR count). The van der Waals surface area contributed by atoms with Gasteiger partial charge in [0.25, 0.3) is 5.56 Å². The topological polar surface area (TPSA) is 99.6 Å². The summed E-state index contributed by atoms with van der Waals surface area (Å²) in [6.07, 6.45) is 2.83. The molecule has 1 heterocycles. The molecule has 3 N–H and O–H groups in total. The molecule has 104 valence electrons. The monoisotopic (exact) mass is 294 g/mol. The summed E-state index contributed by atoms with van der Waals surface area (Å²) in [7, 11) is 1.45. The molecule has 0 aliphatic carbocycles. The summed E-state index contributed by atoms with van der Waals surface area (Å²) in [5.41, 5.74) is 3.09. The van der Waals surface area contributed by atoms with Crippen LogP contribution in [0.2, 0.25) is 5.02 Å². The number of benzene rings is 1. The molecule has 0 aliphatic rings. The van der Waals surface area contributed by atoms with Crippen LogP contribution >= 0.6 is 11.6 Å². The third-order valence-corrected chi connectivity index (χ3v) is 2.77. The van der Waals surface area contributed by atoms with Crippen LogP contribution in [0.3, 0.4) is 0 Å². The maximum Gasteiger partial charge on any atom is 0.285 e. The van der Waals surface area contributed by atoms with Crippen LogP contribution in [-0.2, 0) is 0 Å². The standard InChI is InChI=1S/C12H11ClN4O3/c1-20-10-4-7(2-3-9(10)18)5-14-16-8-6-15-17-12(19)11(8)13/h2-6,18H,1H3,(H2,16,17,19)/b14-5+. The van der Waals surface area contributed by atoms with Crippen LogP contribution in [0.15, 0.2) is 34.3 Å². The highest BCUT2D eigenvalue weighted by atomic mass is 35.5. The van der Waals surface area contributed by atoms with Crippen molar-refractivity contribution in [2.75, 3.05) is 12.5 Å². The van der Waals surface area contributed by atoms with Gasteiger partial charge in [-0.15, -0.1) is 0 Å². The molecule has 1 aromatic heterocycles. The van der Waals surface area contributed by atoms with Gasteiger partial charge in [0, 0.05) is 0 Å². The van der Waals surface area contributed by atoms with Gasteiger partial charge in [0.05, 0.1) is 19.5 Å². The first-order valence-corrected chi connectivity index (χ1v) is 5.89. The van der Waals surface area contributed by atoms with Gasteiger partial charge in [-0.1, -0.05) is 11.6 Å². The number of phenolic OH excluding ortho intramolecular Hbond substituents is 1. The number of nitrogens with one attached hydrogen (secondary N) is 2. The number of aromatic hydroxyl groups is 1. The molecule has 20 heavy (non-hydrogen) atoms. The summed E-state index contributed by atoms with van der Waals surface area (Å²) in [5.74, 6) is 0.379. The number of methoxy groups -OCH3 is 1. The normalized spacial score (nSPS) is 10.7. The van der Waals surface area contributed by atoms with E-state index in [0.717, 1.165) is 0 Å². The number of hydrazone groups is 1. The van der Waals surface area contributed by atoms with Gasteiger partial charge >= 0.3 is 0 Å². The number of aromatic nitrogens is 2. The van der Waals surface area contributed by atoms with Gasteiger partial charge in [0.1, 0.15) is 10.7 Å². The molecule has 0 saturated carbocycles. The largest absolute Gasteiger partial charge is 0.504 e. The van der Waals surface area contributed by atoms with Crippen LogP contribution in [0, 0.1) is 0 Å². The van der Waals surface area contributed by atoms with Gasteiger partial charge in [-0.3, -0.25) is 10.2 Å². The minimum atomic E-state index is -0.502. The first kappa shape index (κ1) is 13.9. The van der Waals surface area contributed by atoms with Gasteiger partial charge < -0.3 is 9.84 Å². The molecule has 0 spiro atoms. The maximum atomic E-state index is 11.2. The van der Waals surface area contributed by atoms with Crippen molar-refractivity contribution < 1.29 is 9.84 Å². The average Bonchev–Trinajstić information content (AvgIpc) is 2.45. The van der Waals surface area contributed by atoms with E-state index in [1.165, 1.54) is 25.6 Å². The zero-order valence-corrected chi connectivity index (χ0v) is 11.2. The van der Waals surface area contributed by atoms with E-state index in [1.807, 2.05) is 0 Å². The molecule has 0 atom stereocenters. The second kappa shape index (κ2) is 6.07. The first-order chi connectivity index (χ1) is 9.61. The lowest BCUT2D eigenvalue weighted by atomic mass is 10.2. The molecule has 0 saturated heterocycles. The smallest absolute Gasteiger partial charge is 0.285 e. The number of hydrogen-bond donors (Lipinski definition) is 3. The molecule has 8 heteroatoms. The zero-order chi connectivity index (χ0) is 14.5. The zero-order valence-electron chi connectivity index (χ0n) is 10.4. The summed E-state index contributed by atoms with van der Waals surface area (Å²) < 4.78 is 4.98. The number of hydrogen-bond acceptors (Lipinski definition) is 6. The lowest BCUT2D eigenvalue weighted by Crippen LogP contribution is -2.10. The second-order valence-corrected chi connectivity index (χ2v) is 4.11. The van der Waals surface area contributed by atoms with E-state index >= 15 is 0 Å². The summed E-state index contributed by atoms with van der Waals surface area (Å²) in [4.78, 5) is 11.2. The molecule has 2 aromatic rings.